The molecule has 0 N–H and O–H groups in total. The lowest BCUT2D eigenvalue weighted by Gasteiger charge is -2.28. The average molecular weight is 437 g/mol. The van der Waals surface area contributed by atoms with Gasteiger partial charge < -0.3 is 9.47 Å². The third-order valence-electron chi connectivity index (χ3n) is 5.88. The minimum atomic E-state index is -0.437. The van der Waals surface area contributed by atoms with E-state index < -0.39 is 11.8 Å². The van der Waals surface area contributed by atoms with Crippen LogP contribution in [-0.2, 0) is 14.3 Å². The molecule has 168 valence electrons. The highest BCUT2D eigenvalue weighted by Gasteiger charge is 2.38. The van der Waals surface area contributed by atoms with E-state index >= 15 is 0 Å². The molecule has 2 unspecified atom stereocenters. The molecule has 0 aliphatic heterocycles. The molecule has 1 aromatic carbocycles. The fraction of sp³-hybridized carbons (Fsp3) is 0.680. The first-order chi connectivity index (χ1) is 14.6. The third kappa shape index (κ3) is 9.07. The molecular weight excluding hydrogens is 400 g/mol. The molecule has 4 nitrogen and oxygen atoms in total. The molecule has 30 heavy (non-hydrogen) atoms. The van der Waals surface area contributed by atoms with Gasteiger partial charge in [-0.05, 0) is 37.5 Å². The molecule has 0 amide bonds. The van der Waals surface area contributed by atoms with Gasteiger partial charge >= 0.3 is 11.9 Å². The van der Waals surface area contributed by atoms with Crippen molar-refractivity contribution in [2.24, 2.45) is 11.8 Å². The SMILES string of the molecule is CCCCCCCCCCCOC(=O)C1CCCCC1C(=O)Oc1cccc(Cl)c1. The van der Waals surface area contributed by atoms with Gasteiger partial charge in [-0.2, -0.15) is 0 Å². The number of unbranched alkanes of at least 4 members (excludes halogenated alkanes) is 8. The van der Waals surface area contributed by atoms with Crippen molar-refractivity contribution in [3.8, 4) is 5.75 Å². The summed E-state index contributed by atoms with van der Waals surface area (Å²) >= 11 is 5.96. The smallest absolute Gasteiger partial charge is 0.315 e. The second-order valence-electron chi connectivity index (χ2n) is 8.37. The zero-order chi connectivity index (χ0) is 21.6. The van der Waals surface area contributed by atoms with E-state index in [1.807, 2.05) is 0 Å². The van der Waals surface area contributed by atoms with Gasteiger partial charge in [0, 0.05) is 5.02 Å². The highest BCUT2D eigenvalue weighted by Crippen LogP contribution is 2.33. The van der Waals surface area contributed by atoms with Crippen LogP contribution in [0, 0.1) is 11.8 Å². The molecule has 0 saturated heterocycles. The van der Waals surface area contributed by atoms with Crippen molar-refractivity contribution in [2.45, 2.75) is 90.4 Å². The molecule has 5 heteroatoms. The Kier molecular flexibility index (Phi) is 11.9. The van der Waals surface area contributed by atoms with E-state index in [9.17, 15) is 9.59 Å². The molecule has 1 aliphatic rings. The Hall–Kier alpha value is -1.55. The highest BCUT2D eigenvalue weighted by molar-refractivity contribution is 6.30. The lowest BCUT2D eigenvalue weighted by Crippen LogP contribution is -2.36. The molecule has 0 aromatic heterocycles. The Morgan fingerprint density at radius 2 is 1.50 bits per heavy atom. The van der Waals surface area contributed by atoms with Crippen LogP contribution in [0.2, 0.25) is 5.02 Å². The highest BCUT2D eigenvalue weighted by atomic mass is 35.5. The van der Waals surface area contributed by atoms with Crippen LogP contribution in [0.15, 0.2) is 24.3 Å². The maximum Gasteiger partial charge on any atom is 0.315 e. The maximum absolute atomic E-state index is 12.7. The largest absolute Gasteiger partial charge is 0.465 e. The topological polar surface area (TPSA) is 52.6 Å². The molecule has 2 atom stereocenters. The molecule has 1 aliphatic carbocycles. The normalized spacial score (nSPS) is 18.7. The zero-order valence-corrected chi connectivity index (χ0v) is 19.1. The number of halogens is 1. The van der Waals surface area contributed by atoms with Gasteiger partial charge in [-0.3, -0.25) is 9.59 Å². The summed E-state index contributed by atoms with van der Waals surface area (Å²) in [4.78, 5) is 25.3. The Balaban J connectivity index is 1.68. The summed E-state index contributed by atoms with van der Waals surface area (Å²) in [5.41, 5.74) is 0. The summed E-state index contributed by atoms with van der Waals surface area (Å²) in [6, 6.07) is 6.78. The number of carbonyl (C=O) groups is 2. The Labute approximate surface area is 186 Å². The van der Waals surface area contributed by atoms with Crippen LogP contribution in [0.5, 0.6) is 5.75 Å². The number of esters is 2. The van der Waals surface area contributed by atoms with Gasteiger partial charge in [0.15, 0.2) is 0 Å². The van der Waals surface area contributed by atoms with Crippen molar-refractivity contribution in [2.75, 3.05) is 6.61 Å². The molecule has 0 heterocycles. The number of carbonyl (C=O) groups excluding carboxylic acids is 2. The van der Waals surface area contributed by atoms with Crippen LogP contribution in [0.25, 0.3) is 0 Å². The lowest BCUT2D eigenvalue weighted by molar-refractivity contribution is -0.158. The Bertz CT molecular complexity index is 646. The van der Waals surface area contributed by atoms with Gasteiger partial charge in [-0.15, -0.1) is 0 Å². The van der Waals surface area contributed by atoms with Gasteiger partial charge in [0.2, 0.25) is 0 Å². The minimum absolute atomic E-state index is 0.248. The maximum atomic E-state index is 12.7. The molecule has 0 radical (unpaired) electrons. The second kappa shape index (κ2) is 14.5. The van der Waals surface area contributed by atoms with Crippen molar-refractivity contribution in [3.63, 3.8) is 0 Å². The summed E-state index contributed by atoms with van der Waals surface area (Å²) in [5, 5.41) is 0.515. The average Bonchev–Trinajstić information content (AvgIpc) is 2.75. The van der Waals surface area contributed by atoms with E-state index in [0.29, 0.717) is 30.2 Å². The molecule has 0 bridgehead atoms. The second-order valence-corrected chi connectivity index (χ2v) is 8.81. The van der Waals surface area contributed by atoms with Gasteiger partial charge in [0.25, 0.3) is 0 Å². The van der Waals surface area contributed by atoms with Crippen LogP contribution in [0.1, 0.15) is 90.4 Å². The van der Waals surface area contributed by atoms with E-state index in [1.54, 1.807) is 24.3 Å². The predicted molar refractivity (Wildman–Crippen MR) is 121 cm³/mol. The van der Waals surface area contributed by atoms with Crippen molar-refractivity contribution < 1.29 is 19.1 Å². The van der Waals surface area contributed by atoms with E-state index in [4.69, 9.17) is 21.1 Å². The van der Waals surface area contributed by atoms with E-state index in [2.05, 4.69) is 6.92 Å². The summed E-state index contributed by atoms with van der Waals surface area (Å²) in [6.45, 7) is 2.68. The summed E-state index contributed by atoms with van der Waals surface area (Å²) < 4.78 is 11.0. The Morgan fingerprint density at radius 1 is 0.900 bits per heavy atom. The van der Waals surface area contributed by atoms with Crippen LogP contribution in [-0.4, -0.2) is 18.5 Å². The van der Waals surface area contributed by atoms with Gasteiger partial charge in [-0.1, -0.05) is 88.8 Å². The van der Waals surface area contributed by atoms with Crippen LogP contribution in [0.4, 0.5) is 0 Å². The van der Waals surface area contributed by atoms with Crippen molar-refractivity contribution in [1.82, 2.24) is 0 Å². The minimum Gasteiger partial charge on any atom is -0.465 e. The summed E-state index contributed by atoms with van der Waals surface area (Å²) in [7, 11) is 0. The fourth-order valence-electron chi connectivity index (χ4n) is 4.11. The van der Waals surface area contributed by atoms with Gasteiger partial charge in [0.05, 0.1) is 18.4 Å². The quantitative estimate of drug-likeness (QED) is 0.187. The number of rotatable bonds is 13. The monoisotopic (exact) mass is 436 g/mol. The first-order valence-electron chi connectivity index (χ1n) is 11.8. The molecule has 1 fully saturated rings. The fourth-order valence-corrected chi connectivity index (χ4v) is 4.29. The number of hydrogen-bond donors (Lipinski definition) is 0. The molecule has 0 spiro atoms. The van der Waals surface area contributed by atoms with Crippen LogP contribution >= 0.6 is 11.6 Å². The summed E-state index contributed by atoms with van der Waals surface area (Å²) in [5.74, 6) is -1.03. The zero-order valence-electron chi connectivity index (χ0n) is 18.4. The lowest BCUT2D eigenvalue weighted by atomic mass is 9.79. The molecular formula is C25H37ClO4. The molecule has 1 aromatic rings. The van der Waals surface area contributed by atoms with E-state index in [1.165, 1.54) is 44.9 Å². The van der Waals surface area contributed by atoms with Crippen LogP contribution < -0.4 is 4.74 Å². The molecule has 1 saturated carbocycles. The number of hydrogen-bond acceptors (Lipinski definition) is 4. The van der Waals surface area contributed by atoms with Gasteiger partial charge in [-0.25, -0.2) is 0 Å². The van der Waals surface area contributed by atoms with Gasteiger partial charge in [0.1, 0.15) is 5.75 Å². The first kappa shape index (κ1) is 24.7. The van der Waals surface area contributed by atoms with E-state index in [0.717, 1.165) is 25.7 Å². The number of ether oxygens (including phenoxy) is 2. The first-order valence-corrected chi connectivity index (χ1v) is 12.1. The predicted octanol–water partition coefficient (Wildman–Crippen LogP) is 7.13. The standard InChI is InChI=1S/C25H37ClO4/c1-2-3-4-5-6-7-8-9-12-18-29-24(27)22-16-10-11-17-23(22)25(28)30-21-15-13-14-20(26)19-21/h13-15,19,22-23H,2-12,16-18H2,1H3. The van der Waals surface area contributed by atoms with Crippen LogP contribution in [0.3, 0.4) is 0 Å². The van der Waals surface area contributed by atoms with Crippen molar-refractivity contribution >= 4 is 23.5 Å². The Morgan fingerprint density at radius 3 is 2.13 bits per heavy atom. The third-order valence-corrected chi connectivity index (χ3v) is 6.11. The number of benzene rings is 1. The van der Waals surface area contributed by atoms with Crippen molar-refractivity contribution in [1.29, 1.82) is 0 Å². The molecule has 2 rings (SSSR count). The summed E-state index contributed by atoms with van der Waals surface area (Å²) in [6.07, 6.45) is 14.3. The van der Waals surface area contributed by atoms with E-state index in [-0.39, 0.29) is 11.9 Å². The van der Waals surface area contributed by atoms with Crippen molar-refractivity contribution in [3.05, 3.63) is 29.3 Å².